The van der Waals surface area contributed by atoms with Crippen molar-refractivity contribution in [3.05, 3.63) is 47.5 Å². The summed E-state index contributed by atoms with van der Waals surface area (Å²) in [5, 5.41) is 2.74. The predicted molar refractivity (Wildman–Crippen MR) is 92.0 cm³/mol. The maximum absolute atomic E-state index is 4.32. The number of thiol groups is 1. The van der Waals surface area contributed by atoms with Crippen LogP contribution in [0.2, 0.25) is 0 Å². The fourth-order valence-corrected chi connectivity index (χ4v) is 3.16. The molecule has 0 atom stereocenters. The summed E-state index contributed by atoms with van der Waals surface area (Å²) in [5.41, 5.74) is 5.38. The van der Waals surface area contributed by atoms with Gasteiger partial charge < -0.3 is 4.57 Å². The lowest BCUT2D eigenvalue weighted by Gasteiger charge is -2.07. The van der Waals surface area contributed by atoms with E-state index < -0.39 is 0 Å². The van der Waals surface area contributed by atoms with Gasteiger partial charge in [-0.2, -0.15) is 12.6 Å². The van der Waals surface area contributed by atoms with Gasteiger partial charge in [-0.1, -0.05) is 24.3 Å². The first kappa shape index (κ1) is 13.6. The lowest BCUT2D eigenvalue weighted by atomic mass is 10.1. The van der Waals surface area contributed by atoms with Gasteiger partial charge in [0.05, 0.1) is 0 Å². The number of fused-ring (bicyclic) bond motifs is 3. The van der Waals surface area contributed by atoms with Gasteiger partial charge in [-0.15, -0.1) is 0 Å². The number of rotatable bonds is 4. The monoisotopic (exact) mass is 283 g/mol. The highest BCUT2D eigenvalue weighted by atomic mass is 32.1. The van der Waals surface area contributed by atoms with Crippen molar-refractivity contribution < 1.29 is 0 Å². The average Bonchev–Trinajstić information content (AvgIpc) is 2.72. The highest BCUT2D eigenvalue weighted by Gasteiger charge is 2.10. The lowest BCUT2D eigenvalue weighted by molar-refractivity contribution is 0.669. The molecular weight excluding hydrogens is 262 g/mol. The van der Waals surface area contributed by atoms with E-state index in [9.17, 15) is 0 Å². The fourth-order valence-electron chi connectivity index (χ4n) is 2.94. The van der Waals surface area contributed by atoms with Crippen molar-refractivity contribution in [2.24, 2.45) is 0 Å². The Kier molecular flexibility index (Phi) is 3.75. The standard InChI is InChI=1S/C18H21NS/c1-13-5-7-15-16-8-6-14(2)12-18(16)19(17(15)11-13)9-3-4-10-20/h5-8,11-12,20H,3-4,9-10H2,1-2H3. The number of aryl methyl sites for hydroxylation is 3. The van der Waals surface area contributed by atoms with Crippen LogP contribution in [-0.2, 0) is 6.54 Å². The van der Waals surface area contributed by atoms with Crippen LogP contribution in [0.3, 0.4) is 0 Å². The summed E-state index contributed by atoms with van der Waals surface area (Å²) in [4.78, 5) is 0. The van der Waals surface area contributed by atoms with Crippen molar-refractivity contribution in [2.75, 3.05) is 5.75 Å². The van der Waals surface area contributed by atoms with Gasteiger partial charge in [0.2, 0.25) is 0 Å². The topological polar surface area (TPSA) is 4.93 Å². The highest BCUT2D eigenvalue weighted by molar-refractivity contribution is 7.80. The van der Waals surface area contributed by atoms with Crippen molar-refractivity contribution >= 4 is 34.4 Å². The first-order valence-electron chi connectivity index (χ1n) is 7.31. The molecule has 1 nitrogen and oxygen atoms in total. The van der Waals surface area contributed by atoms with E-state index in [-0.39, 0.29) is 0 Å². The van der Waals surface area contributed by atoms with Gasteiger partial charge in [-0.25, -0.2) is 0 Å². The molecule has 0 radical (unpaired) electrons. The van der Waals surface area contributed by atoms with Gasteiger partial charge in [-0.3, -0.25) is 0 Å². The third kappa shape index (κ3) is 2.33. The second-order valence-electron chi connectivity index (χ2n) is 5.62. The normalized spacial score (nSPS) is 11.6. The second kappa shape index (κ2) is 5.53. The van der Waals surface area contributed by atoms with Crippen molar-refractivity contribution in [3.63, 3.8) is 0 Å². The molecule has 20 heavy (non-hydrogen) atoms. The Hall–Kier alpha value is -1.41. The van der Waals surface area contributed by atoms with Crippen LogP contribution in [-0.4, -0.2) is 10.3 Å². The quantitative estimate of drug-likeness (QED) is 0.501. The van der Waals surface area contributed by atoms with Gasteiger partial charge in [0, 0.05) is 28.4 Å². The van der Waals surface area contributed by atoms with Crippen molar-refractivity contribution in [1.29, 1.82) is 0 Å². The predicted octanol–water partition coefficient (Wildman–Crippen LogP) is 5.12. The molecule has 3 rings (SSSR count). The minimum Gasteiger partial charge on any atom is -0.340 e. The molecular formula is C18H21NS. The molecule has 0 unspecified atom stereocenters. The molecule has 104 valence electrons. The zero-order valence-corrected chi connectivity index (χ0v) is 13.1. The first-order valence-corrected chi connectivity index (χ1v) is 7.94. The number of hydrogen-bond acceptors (Lipinski definition) is 1. The van der Waals surface area contributed by atoms with E-state index >= 15 is 0 Å². The highest BCUT2D eigenvalue weighted by Crippen LogP contribution is 2.30. The molecule has 0 aliphatic heterocycles. The molecule has 2 heteroatoms. The van der Waals surface area contributed by atoms with Crippen molar-refractivity contribution in [1.82, 2.24) is 4.57 Å². The average molecular weight is 283 g/mol. The molecule has 0 spiro atoms. The number of hydrogen-bond donors (Lipinski definition) is 1. The SMILES string of the molecule is Cc1ccc2c3ccc(C)cc3n(CCCCS)c2c1. The zero-order chi connectivity index (χ0) is 14.1. The first-order chi connectivity index (χ1) is 9.70. The van der Waals surface area contributed by atoms with Gasteiger partial charge in [0.25, 0.3) is 0 Å². The summed E-state index contributed by atoms with van der Waals surface area (Å²) < 4.78 is 2.48. The molecule has 0 aliphatic rings. The third-order valence-corrected chi connectivity index (χ3v) is 4.28. The van der Waals surface area contributed by atoms with Crippen LogP contribution in [0, 0.1) is 13.8 Å². The molecule has 0 saturated heterocycles. The Morgan fingerprint density at radius 2 is 1.40 bits per heavy atom. The molecule has 0 N–H and O–H groups in total. The van der Waals surface area contributed by atoms with E-state index in [1.807, 2.05) is 0 Å². The molecule has 0 amide bonds. The van der Waals surface area contributed by atoms with Crippen molar-refractivity contribution in [2.45, 2.75) is 33.2 Å². The molecule has 3 aromatic rings. The summed E-state index contributed by atoms with van der Waals surface area (Å²) >= 11 is 4.32. The maximum atomic E-state index is 4.32. The number of benzene rings is 2. The van der Waals surface area contributed by atoms with Crippen LogP contribution < -0.4 is 0 Å². The van der Waals surface area contributed by atoms with Crippen LogP contribution in [0.4, 0.5) is 0 Å². The van der Waals surface area contributed by atoms with Gasteiger partial charge in [-0.05, 0) is 55.7 Å². The lowest BCUT2D eigenvalue weighted by Crippen LogP contribution is -1.98. The summed E-state index contributed by atoms with van der Waals surface area (Å²) in [5.74, 6) is 0.967. The van der Waals surface area contributed by atoms with Crippen LogP contribution in [0.5, 0.6) is 0 Å². The van der Waals surface area contributed by atoms with Gasteiger partial charge in [0.15, 0.2) is 0 Å². The Labute approximate surface area is 126 Å². The Morgan fingerprint density at radius 3 is 1.90 bits per heavy atom. The summed E-state index contributed by atoms with van der Waals surface area (Å²) in [6.45, 7) is 5.41. The van der Waals surface area contributed by atoms with Crippen LogP contribution in [0.1, 0.15) is 24.0 Å². The van der Waals surface area contributed by atoms with Crippen LogP contribution in [0.25, 0.3) is 21.8 Å². The van der Waals surface area contributed by atoms with E-state index in [0.717, 1.165) is 12.3 Å². The molecule has 0 aliphatic carbocycles. The molecule has 1 aromatic heterocycles. The molecule has 0 saturated carbocycles. The van der Waals surface area contributed by atoms with Crippen LogP contribution >= 0.6 is 12.6 Å². The summed E-state index contributed by atoms with van der Waals surface area (Å²) in [6.07, 6.45) is 2.35. The molecule has 0 bridgehead atoms. The van der Waals surface area contributed by atoms with Crippen molar-refractivity contribution in [3.8, 4) is 0 Å². The largest absolute Gasteiger partial charge is 0.340 e. The minimum atomic E-state index is 0.967. The number of nitrogens with zero attached hydrogens (tertiary/aromatic N) is 1. The van der Waals surface area contributed by atoms with E-state index in [0.29, 0.717) is 0 Å². The number of unbranched alkanes of at least 4 members (excludes halogenated alkanes) is 1. The molecule has 0 fully saturated rings. The van der Waals surface area contributed by atoms with E-state index in [1.54, 1.807) is 0 Å². The number of aromatic nitrogens is 1. The smallest absolute Gasteiger partial charge is 0.0494 e. The fraction of sp³-hybridized carbons (Fsp3) is 0.333. The van der Waals surface area contributed by atoms with E-state index in [2.05, 4.69) is 67.4 Å². The van der Waals surface area contributed by atoms with E-state index in [1.165, 1.54) is 45.8 Å². The maximum Gasteiger partial charge on any atom is 0.0494 e. The minimum absolute atomic E-state index is 0.967. The Balaban J connectivity index is 2.24. The summed E-state index contributed by atoms with van der Waals surface area (Å²) in [6, 6.07) is 13.6. The van der Waals surface area contributed by atoms with Gasteiger partial charge in [0.1, 0.15) is 0 Å². The summed E-state index contributed by atoms with van der Waals surface area (Å²) in [7, 11) is 0. The van der Waals surface area contributed by atoms with E-state index in [4.69, 9.17) is 0 Å². The van der Waals surface area contributed by atoms with Crippen LogP contribution in [0.15, 0.2) is 36.4 Å². The zero-order valence-electron chi connectivity index (χ0n) is 12.2. The van der Waals surface area contributed by atoms with Gasteiger partial charge >= 0.3 is 0 Å². The Bertz CT molecular complexity index is 696. The molecule has 2 aromatic carbocycles. The second-order valence-corrected chi connectivity index (χ2v) is 6.07. The third-order valence-electron chi connectivity index (χ3n) is 3.97. The Morgan fingerprint density at radius 1 is 0.850 bits per heavy atom. The molecule has 1 heterocycles.